The molecule has 1 aliphatic rings. The average molecular weight is 364 g/mol. The van der Waals surface area contributed by atoms with E-state index < -0.39 is 0 Å². The molecule has 4 rings (SSSR count). The number of nitrogens with one attached hydrogen (secondary N) is 1. The second-order valence-electron chi connectivity index (χ2n) is 6.77. The molecule has 0 aliphatic carbocycles. The minimum atomic E-state index is -0.346. The third-order valence-electron chi connectivity index (χ3n) is 4.91. The number of piperidine rings is 1. The summed E-state index contributed by atoms with van der Waals surface area (Å²) in [5, 5.41) is 4.41. The summed E-state index contributed by atoms with van der Waals surface area (Å²) in [7, 11) is 0. The van der Waals surface area contributed by atoms with Crippen molar-refractivity contribution in [3.05, 3.63) is 82.6 Å². The lowest BCUT2D eigenvalue weighted by Gasteiger charge is -2.32. The quantitative estimate of drug-likeness (QED) is 0.694. The summed E-state index contributed by atoms with van der Waals surface area (Å²) in [6.45, 7) is 1.75. The van der Waals surface area contributed by atoms with Crippen LogP contribution in [0.2, 0.25) is 0 Å². The van der Waals surface area contributed by atoms with Crippen molar-refractivity contribution in [2.45, 2.75) is 18.9 Å². The Morgan fingerprint density at radius 3 is 2.63 bits per heavy atom. The van der Waals surface area contributed by atoms with Crippen molar-refractivity contribution in [1.82, 2.24) is 4.90 Å². The molecule has 27 heavy (non-hydrogen) atoms. The summed E-state index contributed by atoms with van der Waals surface area (Å²) >= 11 is 0. The molecule has 0 spiro atoms. The molecule has 1 N–H and O–H groups in total. The average Bonchev–Trinajstić information content (AvgIpc) is 2.68. The number of anilines is 1. The van der Waals surface area contributed by atoms with E-state index in [1.807, 2.05) is 36.5 Å². The maximum atomic E-state index is 13.7. The zero-order valence-corrected chi connectivity index (χ0v) is 14.9. The Bertz CT molecular complexity index is 1020. The number of nitrogens with zero attached hydrogens (tertiary/aromatic N) is 1. The minimum absolute atomic E-state index is 0.208. The fourth-order valence-electron chi connectivity index (χ4n) is 3.44. The van der Waals surface area contributed by atoms with Crippen LogP contribution in [-0.2, 0) is 0 Å². The number of halogens is 1. The first-order valence-corrected chi connectivity index (χ1v) is 9.15. The van der Waals surface area contributed by atoms with Crippen LogP contribution >= 0.6 is 0 Å². The monoisotopic (exact) mass is 364 g/mol. The van der Waals surface area contributed by atoms with Gasteiger partial charge >= 0.3 is 5.63 Å². The Hall–Kier alpha value is -3.08. The molecule has 0 saturated carbocycles. The van der Waals surface area contributed by atoms with Gasteiger partial charge in [-0.2, -0.15) is 0 Å². The van der Waals surface area contributed by atoms with Gasteiger partial charge < -0.3 is 14.6 Å². The number of fused-ring (bicyclic) bond motifs is 1. The Kier molecular flexibility index (Phi) is 4.92. The van der Waals surface area contributed by atoms with Gasteiger partial charge in [-0.1, -0.05) is 30.3 Å². The molecule has 138 valence electrons. The first kappa shape index (κ1) is 17.3. The number of hydrogen-bond acceptors (Lipinski definition) is 4. The molecule has 1 aliphatic heterocycles. The van der Waals surface area contributed by atoms with Crippen molar-refractivity contribution >= 4 is 22.7 Å². The molecular formula is C22H21FN2O2. The largest absolute Gasteiger partial charge is 0.423 e. The third kappa shape index (κ3) is 4.03. The number of para-hydroxylation sites is 1. The molecule has 2 aromatic carbocycles. The molecule has 2 heterocycles. The fourth-order valence-corrected chi connectivity index (χ4v) is 3.44. The van der Waals surface area contributed by atoms with E-state index in [2.05, 4.69) is 10.2 Å². The molecule has 0 atom stereocenters. The number of likely N-dealkylation sites (tertiary alicyclic amines) is 1. The Morgan fingerprint density at radius 2 is 1.81 bits per heavy atom. The first-order chi connectivity index (χ1) is 13.2. The zero-order chi connectivity index (χ0) is 18.6. The van der Waals surface area contributed by atoms with Crippen LogP contribution < -0.4 is 10.9 Å². The van der Waals surface area contributed by atoms with Crippen molar-refractivity contribution in [3.8, 4) is 0 Å². The van der Waals surface area contributed by atoms with Gasteiger partial charge in [0.2, 0.25) is 0 Å². The number of hydrogen-bond donors (Lipinski definition) is 1. The molecule has 1 aromatic heterocycles. The normalized spacial score (nSPS) is 15.5. The lowest BCUT2D eigenvalue weighted by Crippen LogP contribution is -2.36. The van der Waals surface area contributed by atoms with E-state index in [-0.39, 0.29) is 17.5 Å². The zero-order valence-electron chi connectivity index (χ0n) is 14.9. The highest BCUT2D eigenvalue weighted by molar-refractivity contribution is 5.89. The van der Waals surface area contributed by atoms with E-state index in [0.29, 0.717) is 11.1 Å². The van der Waals surface area contributed by atoms with E-state index in [9.17, 15) is 9.18 Å². The highest BCUT2D eigenvalue weighted by atomic mass is 19.1. The topological polar surface area (TPSA) is 45.5 Å². The van der Waals surface area contributed by atoms with Gasteiger partial charge in [0.15, 0.2) is 0 Å². The third-order valence-corrected chi connectivity index (χ3v) is 4.91. The van der Waals surface area contributed by atoms with Crippen LogP contribution in [0.4, 0.5) is 10.1 Å². The molecule has 0 unspecified atom stereocenters. The van der Waals surface area contributed by atoms with E-state index >= 15 is 0 Å². The first-order valence-electron chi connectivity index (χ1n) is 9.15. The second kappa shape index (κ2) is 7.66. The molecule has 5 heteroatoms. The predicted octanol–water partition coefficient (Wildman–Crippen LogP) is 4.48. The van der Waals surface area contributed by atoms with Gasteiger partial charge in [0.25, 0.3) is 0 Å². The Labute approximate surface area is 156 Å². The lowest BCUT2D eigenvalue weighted by atomic mass is 10.0. The van der Waals surface area contributed by atoms with E-state index in [1.165, 1.54) is 12.1 Å². The van der Waals surface area contributed by atoms with Crippen molar-refractivity contribution in [2.75, 3.05) is 18.4 Å². The number of rotatable bonds is 4. The lowest BCUT2D eigenvalue weighted by molar-refractivity contribution is 0.295. The molecule has 1 saturated heterocycles. The SMILES string of the molecule is O=c1cc(NC2CCN(/C=C/c3ccccc3F)CC2)c2ccccc2o1. The van der Waals surface area contributed by atoms with Crippen LogP contribution in [0.5, 0.6) is 0 Å². The van der Waals surface area contributed by atoms with Gasteiger partial charge in [-0.05, 0) is 43.3 Å². The van der Waals surface area contributed by atoms with Crippen molar-refractivity contribution in [1.29, 1.82) is 0 Å². The van der Waals surface area contributed by atoms with Crippen LogP contribution in [0.1, 0.15) is 18.4 Å². The van der Waals surface area contributed by atoms with Crippen molar-refractivity contribution in [2.24, 2.45) is 0 Å². The second-order valence-corrected chi connectivity index (χ2v) is 6.77. The summed E-state index contributed by atoms with van der Waals surface area (Å²) in [6, 6.07) is 16.1. The van der Waals surface area contributed by atoms with E-state index in [4.69, 9.17) is 4.42 Å². The van der Waals surface area contributed by atoms with Gasteiger partial charge in [-0.3, -0.25) is 0 Å². The Morgan fingerprint density at radius 1 is 1.07 bits per heavy atom. The minimum Gasteiger partial charge on any atom is -0.423 e. The van der Waals surface area contributed by atoms with Gasteiger partial charge in [-0.15, -0.1) is 0 Å². The molecule has 4 nitrogen and oxygen atoms in total. The summed E-state index contributed by atoms with van der Waals surface area (Å²) in [6.07, 6.45) is 5.66. The fraction of sp³-hybridized carbons (Fsp3) is 0.227. The molecule has 3 aromatic rings. The molecule has 0 radical (unpaired) electrons. The molecule has 1 fully saturated rings. The van der Waals surface area contributed by atoms with E-state index in [1.54, 1.807) is 18.2 Å². The summed E-state index contributed by atoms with van der Waals surface area (Å²) in [4.78, 5) is 14.0. The van der Waals surface area contributed by atoms with Gasteiger partial charge in [0.1, 0.15) is 11.4 Å². The maximum absolute atomic E-state index is 13.7. The van der Waals surface area contributed by atoms with Crippen LogP contribution in [0.15, 0.2) is 70.0 Å². The van der Waals surface area contributed by atoms with Crippen LogP contribution in [0.25, 0.3) is 17.0 Å². The van der Waals surface area contributed by atoms with Gasteiger partial charge in [0, 0.05) is 36.1 Å². The van der Waals surface area contributed by atoms with Crippen molar-refractivity contribution < 1.29 is 8.81 Å². The standard InChI is InChI=1S/C22H21FN2O2/c23-19-7-3-1-5-16(19)9-12-25-13-10-17(11-14-25)24-20-15-22(26)27-21-8-4-2-6-18(20)21/h1-9,12,15,17,24H,10-11,13-14H2/b12-9+. The smallest absolute Gasteiger partial charge is 0.338 e. The Balaban J connectivity index is 1.40. The summed E-state index contributed by atoms with van der Waals surface area (Å²) in [5.74, 6) is -0.208. The predicted molar refractivity (Wildman–Crippen MR) is 106 cm³/mol. The van der Waals surface area contributed by atoms with Gasteiger partial charge in [0.05, 0.1) is 5.69 Å². The van der Waals surface area contributed by atoms with Gasteiger partial charge in [-0.25, -0.2) is 9.18 Å². The number of benzene rings is 2. The molecule has 0 bridgehead atoms. The van der Waals surface area contributed by atoms with Crippen LogP contribution in [-0.4, -0.2) is 24.0 Å². The highest BCUT2D eigenvalue weighted by Gasteiger charge is 2.18. The summed E-state index contributed by atoms with van der Waals surface area (Å²) in [5.41, 5.74) is 1.67. The summed E-state index contributed by atoms with van der Waals surface area (Å²) < 4.78 is 18.9. The van der Waals surface area contributed by atoms with Crippen LogP contribution in [0.3, 0.4) is 0 Å². The van der Waals surface area contributed by atoms with Crippen LogP contribution in [0, 0.1) is 5.82 Å². The molecule has 0 amide bonds. The van der Waals surface area contributed by atoms with Crippen molar-refractivity contribution in [3.63, 3.8) is 0 Å². The molecular weight excluding hydrogens is 343 g/mol. The highest BCUT2D eigenvalue weighted by Crippen LogP contribution is 2.24. The van der Waals surface area contributed by atoms with E-state index in [0.717, 1.165) is 37.0 Å². The maximum Gasteiger partial charge on any atom is 0.338 e.